The van der Waals surface area contributed by atoms with Gasteiger partial charge in [0.1, 0.15) is 5.75 Å². The van der Waals surface area contributed by atoms with E-state index in [9.17, 15) is 0 Å². The van der Waals surface area contributed by atoms with Gasteiger partial charge in [0.05, 0.1) is 7.11 Å². The van der Waals surface area contributed by atoms with Crippen molar-refractivity contribution in [3.8, 4) is 5.75 Å². The first kappa shape index (κ1) is 10.5. The number of nitrogens with two attached hydrogens (primary N) is 1. The lowest BCUT2D eigenvalue weighted by molar-refractivity contribution is 0.253. The van der Waals surface area contributed by atoms with Crippen LogP contribution in [-0.2, 0) is 5.54 Å². The van der Waals surface area contributed by atoms with E-state index in [2.05, 4.69) is 26.0 Å². The van der Waals surface area contributed by atoms with E-state index in [1.807, 2.05) is 0 Å². The van der Waals surface area contributed by atoms with Crippen molar-refractivity contribution in [1.29, 1.82) is 0 Å². The van der Waals surface area contributed by atoms with E-state index < -0.39 is 0 Å². The summed E-state index contributed by atoms with van der Waals surface area (Å²) in [6.07, 6.45) is 3.47. The molecule has 1 aliphatic rings. The van der Waals surface area contributed by atoms with E-state index >= 15 is 0 Å². The summed E-state index contributed by atoms with van der Waals surface area (Å²) in [7, 11) is 1.72. The van der Waals surface area contributed by atoms with Crippen molar-refractivity contribution >= 4 is 0 Å². The third kappa shape index (κ3) is 1.63. The molecule has 0 amide bonds. The molecular formula is C13H19NO. The molecule has 0 radical (unpaired) electrons. The van der Waals surface area contributed by atoms with Gasteiger partial charge in [-0.15, -0.1) is 0 Å². The molecule has 1 aliphatic carbocycles. The molecule has 2 nitrogen and oxygen atoms in total. The Balaban J connectivity index is 2.43. The maximum atomic E-state index is 6.31. The van der Waals surface area contributed by atoms with Gasteiger partial charge in [-0.3, -0.25) is 0 Å². The summed E-state index contributed by atoms with van der Waals surface area (Å²) in [6.45, 7) is 4.16. The summed E-state index contributed by atoms with van der Waals surface area (Å²) >= 11 is 0. The summed E-state index contributed by atoms with van der Waals surface area (Å²) in [4.78, 5) is 0. The monoisotopic (exact) mass is 205 g/mol. The molecule has 1 fully saturated rings. The van der Waals surface area contributed by atoms with Crippen LogP contribution in [0, 0.1) is 13.8 Å². The molecule has 0 aliphatic heterocycles. The van der Waals surface area contributed by atoms with Crippen LogP contribution in [0.1, 0.15) is 36.0 Å². The van der Waals surface area contributed by atoms with Crippen LogP contribution in [0.15, 0.2) is 12.1 Å². The SMILES string of the molecule is COc1c(C)cc(C2(N)CCC2)cc1C. The van der Waals surface area contributed by atoms with Crippen molar-refractivity contribution in [2.24, 2.45) is 5.73 Å². The average Bonchev–Trinajstić information content (AvgIpc) is 2.13. The van der Waals surface area contributed by atoms with E-state index in [4.69, 9.17) is 10.5 Å². The van der Waals surface area contributed by atoms with Crippen molar-refractivity contribution in [3.05, 3.63) is 28.8 Å². The minimum Gasteiger partial charge on any atom is -0.496 e. The predicted octanol–water partition coefficient (Wildman–Crippen LogP) is 2.65. The quantitative estimate of drug-likeness (QED) is 0.805. The molecule has 82 valence electrons. The minimum absolute atomic E-state index is 0.0677. The topological polar surface area (TPSA) is 35.2 Å². The van der Waals surface area contributed by atoms with Gasteiger partial charge >= 0.3 is 0 Å². The molecule has 1 saturated carbocycles. The third-order valence-corrected chi connectivity index (χ3v) is 3.49. The van der Waals surface area contributed by atoms with Gasteiger partial charge in [0.25, 0.3) is 0 Å². The van der Waals surface area contributed by atoms with Crippen LogP contribution < -0.4 is 10.5 Å². The van der Waals surface area contributed by atoms with Gasteiger partial charge in [-0.05, 0) is 49.8 Å². The first-order chi connectivity index (χ1) is 7.07. The molecule has 2 N–H and O–H groups in total. The zero-order chi connectivity index (χ0) is 11.1. The van der Waals surface area contributed by atoms with Gasteiger partial charge in [-0.1, -0.05) is 12.1 Å². The molecule has 0 bridgehead atoms. The fourth-order valence-corrected chi connectivity index (χ4v) is 2.41. The van der Waals surface area contributed by atoms with Crippen LogP contribution in [0.2, 0.25) is 0 Å². The van der Waals surface area contributed by atoms with Gasteiger partial charge in [0.15, 0.2) is 0 Å². The Morgan fingerprint density at radius 1 is 1.20 bits per heavy atom. The van der Waals surface area contributed by atoms with Gasteiger partial charge in [0.2, 0.25) is 0 Å². The Hall–Kier alpha value is -1.02. The van der Waals surface area contributed by atoms with E-state index in [-0.39, 0.29) is 5.54 Å². The maximum absolute atomic E-state index is 6.31. The number of benzene rings is 1. The molecule has 0 unspecified atom stereocenters. The lowest BCUT2D eigenvalue weighted by Crippen LogP contribution is -2.43. The fraction of sp³-hybridized carbons (Fsp3) is 0.538. The molecule has 1 aromatic carbocycles. The first-order valence-electron chi connectivity index (χ1n) is 5.51. The number of ether oxygens (including phenoxy) is 1. The highest BCUT2D eigenvalue weighted by molar-refractivity contribution is 5.45. The standard InChI is InChI=1S/C13H19NO/c1-9-7-11(13(14)5-4-6-13)8-10(2)12(9)15-3/h7-8H,4-6,14H2,1-3H3. The minimum atomic E-state index is -0.0677. The van der Waals surface area contributed by atoms with Gasteiger partial charge in [-0.2, -0.15) is 0 Å². The largest absolute Gasteiger partial charge is 0.496 e. The van der Waals surface area contributed by atoms with Crippen LogP contribution in [-0.4, -0.2) is 7.11 Å². The Morgan fingerprint density at radius 3 is 2.07 bits per heavy atom. The molecule has 0 aromatic heterocycles. The second-order valence-corrected chi connectivity index (χ2v) is 4.65. The Bertz CT molecular complexity index is 357. The molecule has 0 spiro atoms. The average molecular weight is 205 g/mol. The Labute approximate surface area is 91.4 Å². The second-order valence-electron chi connectivity index (χ2n) is 4.65. The normalized spacial score (nSPS) is 18.4. The van der Waals surface area contributed by atoms with Crippen molar-refractivity contribution in [2.75, 3.05) is 7.11 Å². The zero-order valence-electron chi connectivity index (χ0n) is 9.76. The molecule has 0 atom stereocenters. The van der Waals surface area contributed by atoms with Crippen LogP contribution in [0.25, 0.3) is 0 Å². The predicted molar refractivity (Wildman–Crippen MR) is 62.2 cm³/mol. The highest BCUT2D eigenvalue weighted by Gasteiger charge is 2.34. The lowest BCUT2D eigenvalue weighted by Gasteiger charge is -2.39. The molecule has 2 rings (SSSR count). The fourth-order valence-electron chi connectivity index (χ4n) is 2.41. The Morgan fingerprint density at radius 2 is 1.73 bits per heavy atom. The molecule has 0 heterocycles. The van der Waals surface area contributed by atoms with Gasteiger partial charge < -0.3 is 10.5 Å². The van der Waals surface area contributed by atoms with E-state index in [0.29, 0.717) is 0 Å². The molecule has 15 heavy (non-hydrogen) atoms. The summed E-state index contributed by atoms with van der Waals surface area (Å²) < 4.78 is 5.35. The first-order valence-corrected chi connectivity index (χ1v) is 5.51. The Kier molecular flexibility index (Phi) is 2.47. The highest BCUT2D eigenvalue weighted by Crippen LogP contribution is 2.40. The lowest BCUT2D eigenvalue weighted by atomic mass is 9.72. The summed E-state index contributed by atoms with van der Waals surface area (Å²) in [5.74, 6) is 0.988. The smallest absolute Gasteiger partial charge is 0.124 e. The summed E-state index contributed by atoms with van der Waals surface area (Å²) in [5.41, 5.74) is 9.88. The molecule has 1 aromatic rings. The summed E-state index contributed by atoms with van der Waals surface area (Å²) in [5, 5.41) is 0. The van der Waals surface area contributed by atoms with Gasteiger partial charge in [0, 0.05) is 5.54 Å². The second kappa shape index (κ2) is 3.53. The number of hydrogen-bond donors (Lipinski definition) is 1. The van der Waals surface area contributed by atoms with Crippen LogP contribution >= 0.6 is 0 Å². The van der Waals surface area contributed by atoms with Crippen molar-refractivity contribution < 1.29 is 4.74 Å². The number of hydrogen-bond acceptors (Lipinski definition) is 2. The number of rotatable bonds is 2. The van der Waals surface area contributed by atoms with E-state index in [1.165, 1.54) is 23.1 Å². The third-order valence-electron chi connectivity index (χ3n) is 3.49. The van der Waals surface area contributed by atoms with E-state index in [0.717, 1.165) is 18.6 Å². The van der Waals surface area contributed by atoms with Crippen LogP contribution in [0.5, 0.6) is 5.75 Å². The zero-order valence-corrected chi connectivity index (χ0v) is 9.76. The van der Waals surface area contributed by atoms with Crippen molar-refractivity contribution in [2.45, 2.75) is 38.6 Å². The van der Waals surface area contributed by atoms with Crippen LogP contribution in [0.4, 0.5) is 0 Å². The van der Waals surface area contributed by atoms with E-state index in [1.54, 1.807) is 7.11 Å². The maximum Gasteiger partial charge on any atom is 0.124 e. The molecule has 2 heteroatoms. The summed E-state index contributed by atoms with van der Waals surface area (Å²) in [6, 6.07) is 4.34. The van der Waals surface area contributed by atoms with Gasteiger partial charge in [-0.25, -0.2) is 0 Å². The van der Waals surface area contributed by atoms with Crippen molar-refractivity contribution in [3.63, 3.8) is 0 Å². The van der Waals surface area contributed by atoms with Crippen LogP contribution in [0.3, 0.4) is 0 Å². The number of aryl methyl sites for hydroxylation is 2. The molecular weight excluding hydrogens is 186 g/mol. The number of methoxy groups -OCH3 is 1. The molecule has 0 saturated heterocycles. The highest BCUT2D eigenvalue weighted by atomic mass is 16.5. The van der Waals surface area contributed by atoms with Crippen molar-refractivity contribution in [1.82, 2.24) is 0 Å².